The molecule has 0 fully saturated rings. The molecule has 312 valence electrons. The maximum absolute atomic E-state index is 13.9. The molecule has 0 unspecified atom stereocenters. The average Bonchev–Trinajstić information content (AvgIpc) is 3.84. The molecule has 4 aromatic rings. The van der Waals surface area contributed by atoms with Crippen LogP contribution in [-0.2, 0) is 46.4 Å². The van der Waals surface area contributed by atoms with Crippen LogP contribution in [-0.4, -0.2) is 124 Å². The SMILES string of the molecule is C[C@H](NC(=O)[C@H](Cc1c[nH]c2ccccc12)NC(=O)[C@H](CO)NC(=O)CN)C(=O)N[C@@H](CCCCN)C(=O)N[C@@H](Cc1c[nH]c2ccccc12)C(=O)N[C@H](C=O)CO. The Bertz CT molecular complexity index is 2050. The Balaban J connectivity index is 1.52. The molecule has 2 aromatic heterocycles. The van der Waals surface area contributed by atoms with Crippen molar-refractivity contribution in [1.82, 2.24) is 41.9 Å². The second kappa shape index (κ2) is 22.0. The minimum Gasteiger partial charge on any atom is -0.394 e. The number of carbonyl (C=O) groups is 7. The highest BCUT2D eigenvalue weighted by atomic mass is 16.3. The number of aldehydes is 1. The summed E-state index contributed by atoms with van der Waals surface area (Å²) in [5.41, 5.74) is 14.0. The van der Waals surface area contributed by atoms with Crippen LogP contribution in [0, 0.1) is 0 Å². The normalized spacial score (nSPS) is 14.3. The molecule has 2 aromatic carbocycles. The van der Waals surface area contributed by atoms with E-state index >= 15 is 0 Å². The molecule has 6 atom stereocenters. The first kappa shape index (κ1) is 44.6. The van der Waals surface area contributed by atoms with Gasteiger partial charge in [0.05, 0.1) is 19.8 Å². The van der Waals surface area contributed by atoms with Crippen molar-refractivity contribution in [3.63, 3.8) is 0 Å². The quantitative estimate of drug-likeness (QED) is 0.0278. The number of aliphatic hydroxyl groups is 2. The van der Waals surface area contributed by atoms with Gasteiger partial charge in [-0.05, 0) is 56.0 Å². The standard InChI is InChI=1S/C39H52N10O9/c1-22(44-37(56)31(49-39(58)33(21-52)46-34(53)16-41)14-23-17-42-28-10-4-2-8-26(23)28)35(54)47-30(12-6-7-13-40)36(55)48-32(38(57)45-25(19-50)20-51)15-24-18-43-29-11-5-3-9-27(24)29/h2-5,8-11,17-19,22,25,30-33,42-43,51-52H,6-7,12-16,20-21,40-41H2,1H3,(H,44,56)(H,45,57)(H,46,53)(H,47,54)(H,48,55)(H,49,58)/t22-,25+,30-,31-,32-,33-/m0/s1. The summed E-state index contributed by atoms with van der Waals surface area (Å²) < 4.78 is 0. The number of carbonyl (C=O) groups excluding carboxylic acids is 7. The largest absolute Gasteiger partial charge is 0.394 e. The summed E-state index contributed by atoms with van der Waals surface area (Å²) in [5.74, 6) is -4.59. The first-order chi connectivity index (χ1) is 27.9. The van der Waals surface area contributed by atoms with E-state index in [1.165, 1.54) is 6.92 Å². The molecular weight excluding hydrogens is 752 g/mol. The molecule has 0 aliphatic heterocycles. The molecule has 19 heteroatoms. The van der Waals surface area contributed by atoms with Crippen LogP contribution < -0.4 is 43.4 Å². The van der Waals surface area contributed by atoms with Crippen LogP contribution in [0.3, 0.4) is 0 Å². The lowest BCUT2D eigenvalue weighted by Crippen LogP contribution is -2.59. The predicted molar refractivity (Wildman–Crippen MR) is 213 cm³/mol. The van der Waals surface area contributed by atoms with Crippen molar-refractivity contribution >= 4 is 63.5 Å². The van der Waals surface area contributed by atoms with Crippen LogP contribution in [0.25, 0.3) is 21.8 Å². The lowest BCUT2D eigenvalue weighted by atomic mass is 10.0. The number of hydrogen-bond donors (Lipinski definition) is 12. The van der Waals surface area contributed by atoms with Crippen molar-refractivity contribution in [1.29, 1.82) is 0 Å². The summed E-state index contributed by atoms with van der Waals surface area (Å²) in [6.45, 7) is -0.195. The van der Waals surface area contributed by atoms with Crippen molar-refractivity contribution in [3.8, 4) is 0 Å². The second-order valence-corrected chi connectivity index (χ2v) is 13.8. The monoisotopic (exact) mass is 804 g/mol. The fourth-order valence-electron chi connectivity index (χ4n) is 6.30. The van der Waals surface area contributed by atoms with Gasteiger partial charge in [-0.3, -0.25) is 28.8 Å². The van der Waals surface area contributed by atoms with Crippen molar-refractivity contribution in [3.05, 3.63) is 72.1 Å². The third-order valence-corrected chi connectivity index (χ3v) is 9.50. The number of H-pyrrole nitrogens is 2. The number of para-hydroxylation sites is 2. The Labute approximate surface area is 333 Å². The van der Waals surface area contributed by atoms with E-state index in [1.54, 1.807) is 18.5 Å². The van der Waals surface area contributed by atoms with Crippen LogP contribution in [0.1, 0.15) is 37.3 Å². The Morgan fingerprint density at radius 1 is 0.638 bits per heavy atom. The number of amides is 6. The molecule has 0 radical (unpaired) electrons. The Hall–Kier alpha value is -6.15. The number of fused-ring (bicyclic) bond motifs is 2. The van der Waals surface area contributed by atoms with Gasteiger partial charge in [0.2, 0.25) is 35.4 Å². The van der Waals surface area contributed by atoms with E-state index in [-0.39, 0.29) is 19.3 Å². The van der Waals surface area contributed by atoms with Gasteiger partial charge >= 0.3 is 0 Å². The molecule has 0 spiro atoms. The zero-order valence-corrected chi connectivity index (χ0v) is 32.1. The lowest BCUT2D eigenvalue weighted by Gasteiger charge is -2.26. The molecular formula is C39H52N10O9. The van der Waals surface area contributed by atoms with Gasteiger partial charge < -0.3 is 68.3 Å². The number of hydrogen-bond acceptors (Lipinski definition) is 11. The summed E-state index contributed by atoms with van der Waals surface area (Å²) in [6.07, 6.45) is 4.72. The zero-order chi connectivity index (χ0) is 42.2. The summed E-state index contributed by atoms with van der Waals surface area (Å²) >= 11 is 0. The smallest absolute Gasteiger partial charge is 0.245 e. The number of benzene rings is 2. The van der Waals surface area contributed by atoms with E-state index in [0.29, 0.717) is 36.8 Å². The summed E-state index contributed by atoms with van der Waals surface area (Å²) in [6, 6.07) is 6.98. The van der Waals surface area contributed by atoms with Gasteiger partial charge in [0, 0.05) is 47.0 Å². The fourth-order valence-corrected chi connectivity index (χ4v) is 6.30. The maximum Gasteiger partial charge on any atom is 0.245 e. The van der Waals surface area contributed by atoms with Gasteiger partial charge in [0.15, 0.2) is 0 Å². The molecule has 14 N–H and O–H groups in total. The highest BCUT2D eigenvalue weighted by molar-refractivity contribution is 5.97. The van der Waals surface area contributed by atoms with Crippen LogP contribution in [0.15, 0.2) is 60.9 Å². The van der Waals surface area contributed by atoms with Gasteiger partial charge in [-0.1, -0.05) is 36.4 Å². The van der Waals surface area contributed by atoms with Crippen LogP contribution in [0.4, 0.5) is 0 Å². The first-order valence-corrected chi connectivity index (χ1v) is 18.9. The van der Waals surface area contributed by atoms with Gasteiger partial charge in [0.25, 0.3) is 0 Å². The van der Waals surface area contributed by atoms with E-state index in [1.807, 2.05) is 42.5 Å². The third-order valence-electron chi connectivity index (χ3n) is 9.50. The number of aromatic nitrogens is 2. The van der Waals surface area contributed by atoms with Gasteiger partial charge in [-0.2, -0.15) is 0 Å². The molecule has 0 aliphatic carbocycles. The van der Waals surface area contributed by atoms with Crippen molar-refractivity contribution in [2.45, 2.75) is 75.3 Å². The van der Waals surface area contributed by atoms with Crippen molar-refractivity contribution in [2.24, 2.45) is 11.5 Å². The van der Waals surface area contributed by atoms with Crippen LogP contribution in [0.2, 0.25) is 0 Å². The molecule has 6 amide bonds. The topological polar surface area (TPSA) is 316 Å². The molecule has 58 heavy (non-hydrogen) atoms. The minimum absolute atomic E-state index is 0.00883. The lowest BCUT2D eigenvalue weighted by molar-refractivity contribution is -0.135. The van der Waals surface area contributed by atoms with Crippen LogP contribution in [0.5, 0.6) is 0 Å². The molecule has 19 nitrogen and oxygen atoms in total. The van der Waals surface area contributed by atoms with Crippen LogP contribution >= 0.6 is 0 Å². The molecule has 0 saturated carbocycles. The van der Waals surface area contributed by atoms with Gasteiger partial charge in [-0.25, -0.2) is 0 Å². The van der Waals surface area contributed by atoms with Gasteiger partial charge in [-0.15, -0.1) is 0 Å². The summed E-state index contributed by atoms with van der Waals surface area (Å²) in [7, 11) is 0. The van der Waals surface area contributed by atoms with Gasteiger partial charge in [0.1, 0.15) is 42.5 Å². The van der Waals surface area contributed by atoms with E-state index in [0.717, 1.165) is 21.8 Å². The summed E-state index contributed by atoms with van der Waals surface area (Å²) in [5, 5.41) is 36.1. The molecule has 0 aliphatic rings. The Morgan fingerprint density at radius 2 is 1.14 bits per heavy atom. The average molecular weight is 805 g/mol. The Kier molecular flexibility index (Phi) is 16.9. The van der Waals surface area contributed by atoms with E-state index in [4.69, 9.17) is 11.5 Å². The second-order valence-electron chi connectivity index (χ2n) is 13.8. The molecule has 0 bridgehead atoms. The van der Waals surface area contributed by atoms with Crippen molar-refractivity contribution in [2.75, 3.05) is 26.3 Å². The predicted octanol–water partition coefficient (Wildman–Crippen LogP) is -2.37. The molecule has 2 heterocycles. The summed E-state index contributed by atoms with van der Waals surface area (Å²) in [4.78, 5) is 97.5. The number of rotatable bonds is 23. The number of aromatic amines is 2. The number of unbranched alkanes of at least 4 members (excludes halogenated alkanes) is 1. The zero-order valence-electron chi connectivity index (χ0n) is 32.1. The maximum atomic E-state index is 13.9. The first-order valence-electron chi connectivity index (χ1n) is 18.9. The number of aliphatic hydroxyl groups excluding tert-OH is 2. The minimum atomic E-state index is -1.42. The fraction of sp³-hybridized carbons (Fsp3) is 0.410. The van der Waals surface area contributed by atoms with E-state index in [9.17, 15) is 43.8 Å². The number of nitrogens with one attached hydrogen (secondary N) is 8. The molecule has 4 rings (SSSR count). The molecule has 0 saturated heterocycles. The van der Waals surface area contributed by atoms with E-state index in [2.05, 4.69) is 41.9 Å². The Morgan fingerprint density at radius 3 is 1.64 bits per heavy atom. The van der Waals surface area contributed by atoms with E-state index < -0.39 is 91.5 Å². The van der Waals surface area contributed by atoms with Crippen molar-refractivity contribution < 1.29 is 43.8 Å². The number of nitrogens with two attached hydrogens (primary N) is 2. The third kappa shape index (κ3) is 12.2. The highest BCUT2D eigenvalue weighted by Gasteiger charge is 2.32. The highest BCUT2D eigenvalue weighted by Crippen LogP contribution is 2.21.